The van der Waals surface area contributed by atoms with Gasteiger partial charge in [0.25, 0.3) is 0 Å². The van der Waals surface area contributed by atoms with Crippen LogP contribution in [-0.2, 0) is 11.2 Å². The van der Waals surface area contributed by atoms with E-state index in [1.807, 2.05) is 50.2 Å². The van der Waals surface area contributed by atoms with Gasteiger partial charge in [-0.1, -0.05) is 30.3 Å². The molecule has 1 aliphatic heterocycles. The normalized spacial score (nSPS) is 20.8. The first kappa shape index (κ1) is 12.7. The van der Waals surface area contributed by atoms with Gasteiger partial charge in [-0.2, -0.15) is 0 Å². The highest BCUT2D eigenvalue weighted by Crippen LogP contribution is 2.43. The summed E-state index contributed by atoms with van der Waals surface area (Å²) in [4.78, 5) is 14.1. The van der Waals surface area contributed by atoms with E-state index in [0.717, 1.165) is 16.9 Å². The van der Waals surface area contributed by atoms with E-state index in [-0.39, 0.29) is 5.91 Å². The fourth-order valence-electron chi connectivity index (χ4n) is 2.98. The second-order valence-electron chi connectivity index (χ2n) is 5.62. The number of hydrogen-bond donors (Lipinski definition) is 1. The molecule has 0 saturated carbocycles. The van der Waals surface area contributed by atoms with Crippen LogP contribution in [0.25, 0.3) is 0 Å². The number of primary amides is 1. The van der Waals surface area contributed by atoms with Gasteiger partial charge in [-0.3, -0.25) is 4.79 Å². The zero-order chi connectivity index (χ0) is 14.3. The average Bonchev–Trinajstić information content (AvgIpc) is 2.72. The predicted octanol–water partition coefficient (Wildman–Crippen LogP) is 2.93. The Kier molecular flexibility index (Phi) is 2.78. The van der Waals surface area contributed by atoms with Crippen LogP contribution in [0.3, 0.4) is 0 Å². The molecule has 0 spiro atoms. The molecular weight excluding hydrogens is 248 g/mol. The predicted molar refractivity (Wildman–Crippen MR) is 81.1 cm³/mol. The summed E-state index contributed by atoms with van der Waals surface area (Å²) in [5.74, 6) is -0.296. The van der Waals surface area contributed by atoms with Crippen molar-refractivity contribution in [3.8, 4) is 0 Å². The van der Waals surface area contributed by atoms with Crippen molar-refractivity contribution in [2.75, 3.05) is 4.90 Å². The van der Waals surface area contributed by atoms with Crippen molar-refractivity contribution in [3.05, 3.63) is 59.7 Å². The van der Waals surface area contributed by atoms with Crippen LogP contribution >= 0.6 is 0 Å². The van der Waals surface area contributed by atoms with Crippen molar-refractivity contribution in [2.45, 2.75) is 25.8 Å². The van der Waals surface area contributed by atoms with Crippen LogP contribution < -0.4 is 10.6 Å². The van der Waals surface area contributed by atoms with E-state index in [9.17, 15) is 4.79 Å². The van der Waals surface area contributed by atoms with Crippen LogP contribution in [0.5, 0.6) is 0 Å². The number of benzene rings is 2. The van der Waals surface area contributed by atoms with Gasteiger partial charge < -0.3 is 10.6 Å². The monoisotopic (exact) mass is 266 g/mol. The standard InChI is InChI=1S/C17H18N2O/c1-12-6-5-8-14(10-12)19-15-9-4-3-7-13(15)11-17(19,2)16(18)20/h3-10H,11H2,1-2H3,(H2,18,20). The summed E-state index contributed by atoms with van der Waals surface area (Å²) in [6.07, 6.45) is 0.645. The van der Waals surface area contributed by atoms with Gasteiger partial charge >= 0.3 is 0 Å². The molecule has 1 amide bonds. The molecule has 2 N–H and O–H groups in total. The molecule has 0 radical (unpaired) electrons. The summed E-state index contributed by atoms with van der Waals surface area (Å²) in [7, 11) is 0. The van der Waals surface area contributed by atoms with E-state index < -0.39 is 5.54 Å². The number of nitrogens with zero attached hydrogens (tertiary/aromatic N) is 1. The molecule has 102 valence electrons. The first-order valence-corrected chi connectivity index (χ1v) is 6.77. The number of para-hydroxylation sites is 1. The van der Waals surface area contributed by atoms with Crippen molar-refractivity contribution in [1.29, 1.82) is 0 Å². The quantitative estimate of drug-likeness (QED) is 0.908. The van der Waals surface area contributed by atoms with E-state index in [2.05, 4.69) is 17.0 Å². The minimum absolute atomic E-state index is 0.296. The Bertz CT molecular complexity index is 680. The second kappa shape index (κ2) is 4.37. The number of aryl methyl sites for hydroxylation is 1. The van der Waals surface area contributed by atoms with Crippen LogP contribution in [0.2, 0.25) is 0 Å². The molecule has 0 fully saturated rings. The van der Waals surface area contributed by atoms with Gasteiger partial charge in [-0.05, 0) is 43.2 Å². The Balaban J connectivity index is 2.20. The molecule has 1 aliphatic rings. The molecule has 2 aromatic carbocycles. The Hall–Kier alpha value is -2.29. The molecule has 20 heavy (non-hydrogen) atoms. The summed E-state index contributed by atoms with van der Waals surface area (Å²) >= 11 is 0. The zero-order valence-corrected chi connectivity index (χ0v) is 11.8. The number of carbonyl (C=O) groups excluding carboxylic acids is 1. The van der Waals surface area contributed by atoms with Crippen LogP contribution in [0.15, 0.2) is 48.5 Å². The first-order chi connectivity index (χ1) is 9.52. The fourth-order valence-corrected chi connectivity index (χ4v) is 2.98. The van der Waals surface area contributed by atoms with Gasteiger partial charge in [0.05, 0.1) is 0 Å². The maximum absolute atomic E-state index is 12.0. The minimum Gasteiger partial charge on any atom is -0.368 e. The van der Waals surface area contributed by atoms with E-state index in [1.165, 1.54) is 5.56 Å². The summed E-state index contributed by atoms with van der Waals surface area (Å²) in [5.41, 5.74) is 9.39. The third-order valence-electron chi connectivity index (χ3n) is 4.05. The topological polar surface area (TPSA) is 46.3 Å². The largest absolute Gasteiger partial charge is 0.368 e. The Morgan fingerprint density at radius 1 is 1.20 bits per heavy atom. The molecular formula is C17H18N2O. The van der Waals surface area contributed by atoms with Crippen LogP contribution in [0.4, 0.5) is 11.4 Å². The number of hydrogen-bond acceptors (Lipinski definition) is 2. The van der Waals surface area contributed by atoms with Crippen molar-refractivity contribution >= 4 is 17.3 Å². The number of rotatable bonds is 2. The van der Waals surface area contributed by atoms with Crippen LogP contribution in [-0.4, -0.2) is 11.4 Å². The molecule has 2 aromatic rings. The zero-order valence-electron chi connectivity index (χ0n) is 11.8. The summed E-state index contributed by atoms with van der Waals surface area (Å²) in [5, 5.41) is 0. The molecule has 3 heteroatoms. The summed E-state index contributed by atoms with van der Waals surface area (Å²) in [6.45, 7) is 3.96. The Morgan fingerprint density at radius 2 is 1.95 bits per heavy atom. The minimum atomic E-state index is -0.711. The second-order valence-corrected chi connectivity index (χ2v) is 5.62. The van der Waals surface area contributed by atoms with Crippen molar-refractivity contribution in [2.24, 2.45) is 5.73 Å². The smallest absolute Gasteiger partial charge is 0.243 e. The summed E-state index contributed by atoms with van der Waals surface area (Å²) < 4.78 is 0. The number of amides is 1. The molecule has 1 heterocycles. The number of fused-ring (bicyclic) bond motifs is 1. The van der Waals surface area contributed by atoms with Gasteiger partial charge in [0.1, 0.15) is 5.54 Å². The highest BCUT2D eigenvalue weighted by Gasteiger charge is 2.45. The van der Waals surface area contributed by atoms with Crippen LogP contribution in [0.1, 0.15) is 18.1 Å². The maximum Gasteiger partial charge on any atom is 0.243 e. The molecule has 0 bridgehead atoms. The van der Waals surface area contributed by atoms with E-state index >= 15 is 0 Å². The molecule has 0 saturated heterocycles. The van der Waals surface area contributed by atoms with Gasteiger partial charge in [-0.15, -0.1) is 0 Å². The van der Waals surface area contributed by atoms with Crippen LogP contribution in [0, 0.1) is 6.92 Å². The third kappa shape index (κ3) is 1.78. The lowest BCUT2D eigenvalue weighted by Gasteiger charge is -2.34. The van der Waals surface area contributed by atoms with Gasteiger partial charge in [0.15, 0.2) is 0 Å². The lowest BCUT2D eigenvalue weighted by Crippen LogP contribution is -2.52. The molecule has 3 nitrogen and oxygen atoms in total. The third-order valence-corrected chi connectivity index (χ3v) is 4.05. The fraction of sp³-hybridized carbons (Fsp3) is 0.235. The molecule has 1 unspecified atom stereocenters. The lowest BCUT2D eigenvalue weighted by molar-refractivity contribution is -0.122. The highest BCUT2D eigenvalue weighted by molar-refractivity contribution is 5.94. The van der Waals surface area contributed by atoms with Crippen molar-refractivity contribution < 1.29 is 4.79 Å². The molecule has 0 aliphatic carbocycles. The van der Waals surface area contributed by atoms with Gasteiger partial charge in [0, 0.05) is 17.8 Å². The van der Waals surface area contributed by atoms with E-state index in [1.54, 1.807) is 0 Å². The Morgan fingerprint density at radius 3 is 2.65 bits per heavy atom. The SMILES string of the molecule is Cc1cccc(N2c3ccccc3CC2(C)C(N)=O)c1. The first-order valence-electron chi connectivity index (χ1n) is 6.77. The van der Waals surface area contributed by atoms with Crippen molar-refractivity contribution in [1.82, 2.24) is 0 Å². The molecule has 1 atom stereocenters. The van der Waals surface area contributed by atoms with Gasteiger partial charge in [-0.25, -0.2) is 0 Å². The molecule has 0 aromatic heterocycles. The lowest BCUT2D eigenvalue weighted by atomic mass is 9.95. The molecule has 3 rings (SSSR count). The van der Waals surface area contributed by atoms with E-state index in [0.29, 0.717) is 6.42 Å². The van der Waals surface area contributed by atoms with Gasteiger partial charge in [0.2, 0.25) is 5.91 Å². The number of nitrogens with two attached hydrogens (primary N) is 1. The number of anilines is 2. The average molecular weight is 266 g/mol. The maximum atomic E-state index is 12.0. The summed E-state index contributed by atoms with van der Waals surface area (Å²) in [6, 6.07) is 16.3. The van der Waals surface area contributed by atoms with E-state index in [4.69, 9.17) is 5.73 Å². The van der Waals surface area contributed by atoms with Crippen molar-refractivity contribution in [3.63, 3.8) is 0 Å². The Labute approximate surface area is 119 Å². The number of carbonyl (C=O) groups is 1. The highest BCUT2D eigenvalue weighted by atomic mass is 16.1.